The average Bonchev–Trinajstić information content (AvgIpc) is 3.26. The molecule has 1 amide bonds. The maximum Gasteiger partial charge on any atom is 0.410 e. The Morgan fingerprint density at radius 3 is 2.77 bits per heavy atom. The molecule has 2 aliphatic heterocycles. The monoisotopic (exact) mass is 587 g/mol. The molecule has 1 aromatic carbocycles. The zero-order chi connectivity index (χ0) is 27.8. The number of nitrogens with zero attached hydrogens (tertiary/aromatic N) is 8. The second-order valence-corrected chi connectivity index (χ2v) is 12.5. The van der Waals surface area contributed by atoms with Gasteiger partial charge in [0.1, 0.15) is 24.3 Å². The fraction of sp³-hybridized carbons (Fsp3) is 0.391. The quantitative estimate of drug-likeness (QED) is 0.355. The van der Waals surface area contributed by atoms with E-state index in [1.807, 2.05) is 11.0 Å². The van der Waals surface area contributed by atoms with Gasteiger partial charge in [0.2, 0.25) is 15.2 Å². The van der Waals surface area contributed by atoms with Crippen LogP contribution in [0.3, 0.4) is 0 Å². The van der Waals surface area contributed by atoms with Crippen LogP contribution in [0.15, 0.2) is 29.4 Å². The molecule has 1 N–H and O–H groups in total. The van der Waals surface area contributed by atoms with Crippen LogP contribution in [0.2, 0.25) is 0 Å². The molecule has 2 saturated heterocycles. The summed E-state index contributed by atoms with van der Waals surface area (Å²) in [6.45, 7) is 1.60. The Morgan fingerprint density at radius 1 is 1.23 bits per heavy atom. The van der Waals surface area contributed by atoms with Crippen LogP contribution in [-0.4, -0.2) is 82.0 Å². The first kappa shape index (κ1) is 25.0. The van der Waals surface area contributed by atoms with Gasteiger partial charge in [0, 0.05) is 25.0 Å². The van der Waals surface area contributed by atoms with Crippen molar-refractivity contribution in [2.24, 2.45) is 0 Å². The fourth-order valence-corrected chi connectivity index (χ4v) is 7.28. The van der Waals surface area contributed by atoms with Crippen LogP contribution in [0.5, 0.6) is 0 Å². The lowest BCUT2D eigenvalue weighted by molar-refractivity contribution is 0.150. The molecule has 206 valence electrons. The second kappa shape index (κ2) is 8.74. The van der Waals surface area contributed by atoms with Gasteiger partial charge in [0.05, 0.1) is 27.9 Å². The molecule has 1 atom stereocenters. The first-order chi connectivity index (χ1) is 19.2. The van der Waals surface area contributed by atoms with Crippen LogP contribution >= 0.6 is 11.3 Å². The van der Waals surface area contributed by atoms with Crippen molar-refractivity contribution < 1.29 is 26.7 Å². The largest absolute Gasteiger partial charge is 0.447 e. The van der Waals surface area contributed by atoms with Gasteiger partial charge >= 0.3 is 6.09 Å². The van der Waals surface area contributed by atoms with E-state index in [4.69, 9.17) is 4.74 Å². The molecule has 3 fully saturated rings. The van der Waals surface area contributed by atoms with Crippen LogP contribution in [0.1, 0.15) is 24.3 Å². The second-order valence-electron chi connectivity index (χ2n) is 9.80. The SMILES string of the molecule is N#CC1(NS(=O)(=O)c2ccc3c4c(N5CCN6C(=O)OC[C@H]6C5)ncnc4n(-c4nnc(C(F)F)s4)c3c2)CC1. The van der Waals surface area contributed by atoms with E-state index < -0.39 is 27.0 Å². The fourth-order valence-electron chi connectivity index (χ4n) is 5.16. The molecule has 0 spiro atoms. The lowest BCUT2D eigenvalue weighted by Crippen LogP contribution is -2.52. The summed E-state index contributed by atoms with van der Waals surface area (Å²) in [7, 11) is -4.09. The first-order valence-corrected chi connectivity index (χ1v) is 14.5. The van der Waals surface area contributed by atoms with Crippen LogP contribution in [0.4, 0.5) is 19.4 Å². The van der Waals surface area contributed by atoms with E-state index in [-0.39, 0.29) is 28.8 Å². The number of sulfonamides is 1. The van der Waals surface area contributed by atoms with Crippen molar-refractivity contribution in [1.82, 2.24) is 34.4 Å². The van der Waals surface area contributed by atoms with Gasteiger partial charge in [-0.15, -0.1) is 10.2 Å². The summed E-state index contributed by atoms with van der Waals surface area (Å²) in [6.07, 6.45) is -1.02. The van der Waals surface area contributed by atoms with Gasteiger partial charge in [-0.2, -0.15) is 9.98 Å². The Morgan fingerprint density at radius 2 is 2.05 bits per heavy atom. The number of cyclic esters (lactones) is 1. The molecule has 4 aromatic rings. The number of fused-ring (bicyclic) bond motifs is 4. The van der Waals surface area contributed by atoms with Crippen LogP contribution in [0.25, 0.3) is 27.1 Å². The molecule has 5 heterocycles. The molecule has 7 rings (SSSR count). The Bertz CT molecular complexity index is 1850. The van der Waals surface area contributed by atoms with Crippen molar-refractivity contribution in [3.05, 3.63) is 29.5 Å². The predicted octanol–water partition coefficient (Wildman–Crippen LogP) is 2.34. The normalized spacial score (nSPS) is 20.2. The number of anilines is 1. The summed E-state index contributed by atoms with van der Waals surface area (Å²) in [6, 6.07) is 6.28. The highest BCUT2D eigenvalue weighted by atomic mass is 32.2. The Labute approximate surface area is 229 Å². The minimum Gasteiger partial charge on any atom is -0.447 e. The van der Waals surface area contributed by atoms with Gasteiger partial charge in [-0.3, -0.25) is 9.47 Å². The van der Waals surface area contributed by atoms with Crippen molar-refractivity contribution in [2.45, 2.75) is 35.7 Å². The number of carbonyl (C=O) groups is 1. The number of nitriles is 1. The number of amides is 1. The minimum atomic E-state index is -4.09. The Hall–Kier alpha value is -4.01. The van der Waals surface area contributed by atoms with Gasteiger partial charge in [-0.25, -0.2) is 32.0 Å². The zero-order valence-corrected chi connectivity index (χ0v) is 22.1. The molecule has 13 nitrogen and oxygen atoms in total. The molecule has 3 aromatic heterocycles. The van der Waals surface area contributed by atoms with Crippen molar-refractivity contribution in [3.8, 4) is 11.2 Å². The number of nitrogens with one attached hydrogen (secondary N) is 1. The summed E-state index contributed by atoms with van der Waals surface area (Å²) in [5.41, 5.74) is -0.453. The van der Waals surface area contributed by atoms with Crippen molar-refractivity contribution >= 4 is 55.2 Å². The van der Waals surface area contributed by atoms with Crippen LogP contribution in [0, 0.1) is 11.3 Å². The third-order valence-corrected chi connectivity index (χ3v) is 9.78. The summed E-state index contributed by atoms with van der Waals surface area (Å²) in [5, 5.41) is 17.7. The summed E-state index contributed by atoms with van der Waals surface area (Å²) in [4.78, 5) is 24.5. The van der Waals surface area contributed by atoms with E-state index in [9.17, 15) is 27.3 Å². The smallest absolute Gasteiger partial charge is 0.410 e. The van der Waals surface area contributed by atoms with Gasteiger partial charge in [0.15, 0.2) is 10.7 Å². The number of halogens is 2. The standard InChI is InChI=1S/C23H19F2N9O4S2/c24-17(25)20-29-30-21(39-20)34-15-7-13(40(36,37)31-23(10-26)3-4-23)1-2-14(15)16-18(27-11-28-19(16)34)32-5-6-33-12(8-32)9-38-22(33)35/h1-2,7,11-12,17,31H,3-6,8-9H2/t12-/m1/s1. The average molecular weight is 588 g/mol. The molecular weight excluding hydrogens is 568 g/mol. The van der Waals surface area contributed by atoms with Crippen molar-refractivity contribution in [2.75, 3.05) is 31.1 Å². The maximum absolute atomic E-state index is 13.4. The molecule has 0 bridgehead atoms. The first-order valence-electron chi connectivity index (χ1n) is 12.2. The lowest BCUT2D eigenvalue weighted by atomic mass is 10.1. The topological polar surface area (TPSA) is 159 Å². The van der Waals surface area contributed by atoms with E-state index in [0.29, 0.717) is 71.6 Å². The maximum atomic E-state index is 13.4. The number of ether oxygens (including phenoxy) is 1. The Balaban J connectivity index is 1.41. The number of benzene rings is 1. The molecule has 0 radical (unpaired) electrons. The summed E-state index contributed by atoms with van der Waals surface area (Å²) >= 11 is 0.668. The zero-order valence-electron chi connectivity index (χ0n) is 20.5. The number of hydrogen-bond donors (Lipinski definition) is 1. The van der Waals surface area contributed by atoms with Gasteiger partial charge in [-0.05, 0) is 25.0 Å². The molecule has 40 heavy (non-hydrogen) atoms. The molecule has 17 heteroatoms. The minimum absolute atomic E-state index is 0.0813. The van der Waals surface area contributed by atoms with E-state index in [1.165, 1.54) is 23.0 Å². The highest BCUT2D eigenvalue weighted by Crippen LogP contribution is 2.40. The van der Waals surface area contributed by atoms with Crippen molar-refractivity contribution in [3.63, 3.8) is 0 Å². The third-order valence-electron chi connectivity index (χ3n) is 7.33. The number of hydrogen-bond acceptors (Lipinski definition) is 11. The van der Waals surface area contributed by atoms with E-state index >= 15 is 0 Å². The van der Waals surface area contributed by atoms with Crippen LogP contribution in [-0.2, 0) is 14.8 Å². The summed E-state index contributed by atoms with van der Waals surface area (Å²) in [5.74, 6) is 0.543. The highest BCUT2D eigenvalue weighted by Gasteiger charge is 2.47. The molecule has 1 saturated carbocycles. The molecule has 1 aliphatic carbocycles. The van der Waals surface area contributed by atoms with Crippen LogP contribution < -0.4 is 9.62 Å². The van der Waals surface area contributed by atoms with Gasteiger partial charge < -0.3 is 9.64 Å². The number of carbonyl (C=O) groups excluding carboxylic acids is 1. The highest BCUT2D eigenvalue weighted by molar-refractivity contribution is 7.89. The molecular formula is C23H19F2N9O4S2. The molecule has 3 aliphatic rings. The van der Waals surface area contributed by atoms with Crippen molar-refractivity contribution in [1.29, 1.82) is 5.26 Å². The third kappa shape index (κ3) is 3.85. The summed E-state index contributed by atoms with van der Waals surface area (Å²) < 4.78 is 62.4. The van der Waals surface area contributed by atoms with E-state index in [0.717, 1.165) is 0 Å². The van der Waals surface area contributed by atoms with E-state index in [2.05, 4.69) is 24.9 Å². The predicted molar refractivity (Wildman–Crippen MR) is 137 cm³/mol. The lowest BCUT2D eigenvalue weighted by Gasteiger charge is -2.36. The number of rotatable bonds is 6. The van der Waals surface area contributed by atoms with Gasteiger partial charge in [0.25, 0.3) is 6.43 Å². The number of aromatic nitrogens is 5. The number of piperazine rings is 1. The Kier molecular flexibility index (Phi) is 5.46. The molecule has 0 unspecified atom stereocenters. The van der Waals surface area contributed by atoms with E-state index in [1.54, 1.807) is 11.0 Å². The number of alkyl halides is 2. The van der Waals surface area contributed by atoms with Gasteiger partial charge in [-0.1, -0.05) is 17.4 Å².